The van der Waals surface area contributed by atoms with Gasteiger partial charge in [-0.1, -0.05) is 103 Å². The second-order valence-corrected chi connectivity index (χ2v) is 15.3. The zero-order valence-corrected chi connectivity index (χ0v) is 36.5. The molecule has 5 heteroatoms. The fourth-order valence-electron chi connectivity index (χ4n) is 8.64. The van der Waals surface area contributed by atoms with Gasteiger partial charge in [0.2, 0.25) is 0 Å². The van der Waals surface area contributed by atoms with E-state index >= 15 is 0 Å². The van der Waals surface area contributed by atoms with Gasteiger partial charge < -0.3 is 19.1 Å². The van der Waals surface area contributed by atoms with Gasteiger partial charge in [-0.2, -0.15) is 0 Å². The SMILES string of the molecule is [Ir].[c-]1ccc(-c2cccc(-c3ccc4c(c3)c3cc5c6ccccc6n(-c6ccccc6)c5cc3n4-c3ccccc3)c2)cc1-c1ccccn1.[c-]1ccccc1-c1ccccn1. The molecule has 4 aromatic heterocycles. The van der Waals surface area contributed by atoms with Crippen LogP contribution < -0.4 is 0 Å². The summed E-state index contributed by atoms with van der Waals surface area (Å²) >= 11 is 0. The van der Waals surface area contributed by atoms with Crippen LogP contribution in [-0.4, -0.2) is 19.1 Å². The van der Waals surface area contributed by atoms with Gasteiger partial charge >= 0.3 is 0 Å². The predicted octanol–water partition coefficient (Wildman–Crippen LogP) is 14.6. The van der Waals surface area contributed by atoms with Gasteiger partial charge in [-0.25, -0.2) is 0 Å². The van der Waals surface area contributed by atoms with Gasteiger partial charge in [0, 0.05) is 65.4 Å². The summed E-state index contributed by atoms with van der Waals surface area (Å²) in [6.45, 7) is 0. The summed E-state index contributed by atoms with van der Waals surface area (Å²) in [4.78, 5) is 8.76. The fraction of sp³-hybridized carbons (Fsp3) is 0. The molecule has 0 amide bonds. The van der Waals surface area contributed by atoms with Crippen LogP contribution in [0.25, 0.3) is 99.8 Å². The molecule has 0 N–H and O–H groups in total. The van der Waals surface area contributed by atoms with Crippen molar-refractivity contribution in [3.8, 4) is 56.1 Å². The molecule has 1 radical (unpaired) electrons. The first kappa shape index (κ1) is 39.4. The third kappa shape index (κ3) is 7.55. The molecule has 0 atom stereocenters. The third-order valence-corrected chi connectivity index (χ3v) is 11.5. The normalized spacial score (nSPS) is 11.0. The van der Waals surface area contributed by atoms with E-state index in [1.807, 2.05) is 72.9 Å². The van der Waals surface area contributed by atoms with Gasteiger partial charge in [-0.3, -0.25) is 0 Å². The van der Waals surface area contributed by atoms with Crippen molar-refractivity contribution >= 4 is 43.6 Å². The van der Waals surface area contributed by atoms with Gasteiger partial charge in [0.25, 0.3) is 0 Å². The van der Waals surface area contributed by atoms with E-state index in [1.165, 1.54) is 54.7 Å². The Hall–Kier alpha value is -7.69. The van der Waals surface area contributed by atoms with Crippen molar-refractivity contribution in [2.45, 2.75) is 0 Å². The summed E-state index contributed by atoms with van der Waals surface area (Å²) in [5, 5.41) is 4.98. The van der Waals surface area contributed by atoms with E-state index in [4.69, 9.17) is 0 Å². The maximum atomic E-state index is 4.54. The van der Waals surface area contributed by atoms with E-state index < -0.39 is 0 Å². The number of para-hydroxylation sites is 3. The minimum atomic E-state index is 0. The van der Waals surface area contributed by atoms with Gasteiger partial charge in [-0.15, -0.1) is 71.3 Å². The molecule has 0 aliphatic carbocycles. The summed E-state index contributed by atoms with van der Waals surface area (Å²) < 4.78 is 4.81. The maximum Gasteiger partial charge on any atom is 0.0562 e. The van der Waals surface area contributed by atoms with Crippen LogP contribution in [0.15, 0.2) is 231 Å². The van der Waals surface area contributed by atoms with Crippen LogP contribution in [0.3, 0.4) is 0 Å². The monoisotopic (exact) mass is 983 g/mol. The maximum absolute atomic E-state index is 4.54. The number of aromatic nitrogens is 4. The van der Waals surface area contributed by atoms with Crippen LogP contribution in [0, 0.1) is 12.1 Å². The zero-order chi connectivity index (χ0) is 41.2. The molecule has 12 rings (SSSR count). The van der Waals surface area contributed by atoms with Gasteiger partial charge in [0.15, 0.2) is 0 Å². The van der Waals surface area contributed by atoms with Gasteiger partial charge in [0.1, 0.15) is 0 Å². The van der Waals surface area contributed by atoms with Crippen molar-refractivity contribution < 1.29 is 20.1 Å². The molecule has 0 aliphatic rings. The molecule has 301 valence electrons. The van der Waals surface area contributed by atoms with E-state index in [0.717, 1.165) is 45.0 Å². The van der Waals surface area contributed by atoms with Crippen molar-refractivity contribution in [3.05, 3.63) is 243 Å². The van der Waals surface area contributed by atoms with E-state index in [-0.39, 0.29) is 20.1 Å². The van der Waals surface area contributed by atoms with Crippen molar-refractivity contribution in [1.82, 2.24) is 19.1 Å². The summed E-state index contributed by atoms with van der Waals surface area (Å²) in [5.74, 6) is 0. The van der Waals surface area contributed by atoms with E-state index in [2.05, 4.69) is 183 Å². The average Bonchev–Trinajstić information content (AvgIpc) is 3.86. The summed E-state index contributed by atoms with van der Waals surface area (Å²) in [7, 11) is 0. The topological polar surface area (TPSA) is 35.6 Å². The number of pyridine rings is 2. The summed E-state index contributed by atoms with van der Waals surface area (Å²) in [6.07, 6.45) is 3.61. The summed E-state index contributed by atoms with van der Waals surface area (Å²) in [5.41, 5.74) is 15.7. The van der Waals surface area contributed by atoms with Crippen LogP contribution in [0.2, 0.25) is 0 Å². The molecule has 0 fully saturated rings. The Bertz CT molecular complexity index is 3450. The molecule has 0 saturated carbocycles. The molecular weight excluding hydrogens is 945 g/mol. The number of benzene rings is 8. The first-order chi connectivity index (χ1) is 30.8. The van der Waals surface area contributed by atoms with E-state index in [0.29, 0.717) is 0 Å². The Labute approximate surface area is 379 Å². The number of nitrogens with zero attached hydrogens (tertiary/aromatic N) is 4. The molecule has 8 aromatic carbocycles. The second-order valence-electron chi connectivity index (χ2n) is 15.3. The average molecular weight is 983 g/mol. The molecule has 4 heterocycles. The largest absolute Gasteiger partial charge is 0.309 e. The molecule has 0 bridgehead atoms. The number of hydrogen-bond acceptors (Lipinski definition) is 2. The second kappa shape index (κ2) is 17.4. The predicted molar refractivity (Wildman–Crippen MR) is 257 cm³/mol. The van der Waals surface area contributed by atoms with Crippen LogP contribution >= 0.6 is 0 Å². The van der Waals surface area contributed by atoms with Crippen molar-refractivity contribution in [2.75, 3.05) is 0 Å². The first-order valence-corrected chi connectivity index (χ1v) is 20.8. The number of fused-ring (bicyclic) bond motifs is 6. The van der Waals surface area contributed by atoms with Crippen LogP contribution in [0.1, 0.15) is 0 Å². The van der Waals surface area contributed by atoms with Crippen molar-refractivity contribution in [1.29, 1.82) is 0 Å². The smallest absolute Gasteiger partial charge is 0.0562 e. The Balaban J connectivity index is 0.000000314. The standard InChI is InChI=1S/C47H30N3.C11H8N.Ir/c1-3-17-37(18-4-1)49-44-23-8-7-21-39(44)41-30-42-40-29-35(24-25-45(40)50(47(42)31-46(41)49)38-19-5-2-6-20-38)33-14-11-13-32(27-33)34-15-12-16-36(28-34)43-22-9-10-26-48-43;1-2-6-10(7-3-1)11-8-4-5-9-12-11;/h1-15,17-31H;1-6,8-9H;/q2*-1;. The Morgan fingerprint density at radius 2 is 0.857 bits per heavy atom. The molecule has 63 heavy (non-hydrogen) atoms. The Morgan fingerprint density at radius 1 is 0.317 bits per heavy atom. The Kier molecular flexibility index (Phi) is 10.9. The van der Waals surface area contributed by atoms with Gasteiger partial charge in [-0.05, 0) is 101 Å². The van der Waals surface area contributed by atoms with Crippen LogP contribution in [-0.2, 0) is 20.1 Å². The molecule has 12 aromatic rings. The minimum absolute atomic E-state index is 0. The van der Waals surface area contributed by atoms with Crippen LogP contribution in [0.4, 0.5) is 0 Å². The summed E-state index contributed by atoms with van der Waals surface area (Å²) in [6, 6.07) is 83.2. The zero-order valence-electron chi connectivity index (χ0n) is 34.1. The number of rotatable bonds is 6. The van der Waals surface area contributed by atoms with E-state index in [1.54, 1.807) is 6.20 Å². The molecule has 4 nitrogen and oxygen atoms in total. The first-order valence-electron chi connectivity index (χ1n) is 20.8. The molecule has 0 aliphatic heterocycles. The molecule has 0 spiro atoms. The van der Waals surface area contributed by atoms with Gasteiger partial charge in [0.05, 0.1) is 22.1 Å². The molecule has 0 unspecified atom stereocenters. The number of hydrogen-bond donors (Lipinski definition) is 0. The Morgan fingerprint density at radius 3 is 1.51 bits per heavy atom. The quantitative estimate of drug-likeness (QED) is 0.156. The third-order valence-electron chi connectivity index (χ3n) is 11.5. The molecular formula is C58H38IrN4-2. The van der Waals surface area contributed by atoms with E-state index in [9.17, 15) is 0 Å². The van der Waals surface area contributed by atoms with Crippen molar-refractivity contribution in [3.63, 3.8) is 0 Å². The van der Waals surface area contributed by atoms with Crippen molar-refractivity contribution in [2.24, 2.45) is 0 Å². The van der Waals surface area contributed by atoms with Crippen LogP contribution in [0.5, 0.6) is 0 Å². The molecule has 0 saturated heterocycles. The fourth-order valence-corrected chi connectivity index (χ4v) is 8.64. The minimum Gasteiger partial charge on any atom is -0.309 e.